The number of hydrogen-bond acceptors (Lipinski definition) is 5. The van der Waals surface area contributed by atoms with Crippen molar-refractivity contribution >= 4 is 16.4 Å². The van der Waals surface area contributed by atoms with Gasteiger partial charge in [0.25, 0.3) is 0 Å². The molecule has 0 amide bonds. The third-order valence-electron chi connectivity index (χ3n) is 0.714. The first-order chi connectivity index (χ1) is 4.83. The Kier molecular flexibility index (Phi) is 3.39. The van der Waals surface area contributed by atoms with Gasteiger partial charge in [-0.25, -0.2) is 4.18 Å². The number of carbonyl (C=O) groups is 1. The van der Waals surface area contributed by atoms with E-state index in [0.717, 1.165) is 0 Å². The maximum atomic E-state index is 9.93. The lowest BCUT2D eigenvalue weighted by Gasteiger charge is -2.03. The summed E-state index contributed by atoms with van der Waals surface area (Å²) >= 11 is 0. The molecule has 66 valence electrons. The van der Waals surface area contributed by atoms with E-state index in [-0.39, 0.29) is 0 Å². The van der Waals surface area contributed by atoms with E-state index in [1.807, 2.05) is 0 Å². The molecule has 4 N–H and O–H groups in total. The summed E-state index contributed by atoms with van der Waals surface area (Å²) in [6.07, 6.45) is 0. The van der Waals surface area contributed by atoms with Gasteiger partial charge in [0, 0.05) is 0 Å². The molecule has 11 heavy (non-hydrogen) atoms. The van der Waals surface area contributed by atoms with E-state index >= 15 is 0 Å². The van der Waals surface area contributed by atoms with Gasteiger partial charge in [-0.15, -0.1) is 0 Å². The Morgan fingerprint density at radius 2 is 2.09 bits per heavy atom. The van der Waals surface area contributed by atoms with Crippen molar-refractivity contribution in [1.82, 2.24) is 0 Å². The Morgan fingerprint density at radius 3 is 2.36 bits per heavy atom. The second-order valence-corrected chi connectivity index (χ2v) is 2.75. The van der Waals surface area contributed by atoms with Gasteiger partial charge in [0.2, 0.25) is 0 Å². The number of hydrogen-bond donors (Lipinski definition) is 3. The van der Waals surface area contributed by atoms with Crippen molar-refractivity contribution in [3.05, 3.63) is 0 Å². The first-order valence-electron chi connectivity index (χ1n) is 2.43. The molecule has 0 fully saturated rings. The van der Waals surface area contributed by atoms with E-state index in [1.165, 1.54) is 0 Å². The van der Waals surface area contributed by atoms with Crippen molar-refractivity contribution in [1.29, 1.82) is 0 Å². The van der Waals surface area contributed by atoms with Crippen molar-refractivity contribution in [2.24, 2.45) is 5.73 Å². The molecule has 0 saturated heterocycles. The Morgan fingerprint density at radius 1 is 1.64 bits per heavy atom. The SMILES string of the molecule is N[14C@H]([14CH2]OS(=O)(=O)O)[14C](=O)O. The van der Waals surface area contributed by atoms with E-state index in [0.29, 0.717) is 0 Å². The quantitative estimate of drug-likeness (QED) is 0.448. The molecule has 0 aromatic heterocycles. The summed E-state index contributed by atoms with van der Waals surface area (Å²) in [4.78, 5) is 9.93. The van der Waals surface area contributed by atoms with Crippen LogP contribution in [0.5, 0.6) is 0 Å². The highest BCUT2D eigenvalue weighted by Crippen LogP contribution is 1.88. The molecule has 0 aromatic rings. The van der Waals surface area contributed by atoms with Gasteiger partial charge < -0.3 is 10.8 Å². The smallest absolute Gasteiger partial charge is 0.397 e. The average molecular weight is 191 g/mol. The summed E-state index contributed by atoms with van der Waals surface area (Å²) in [6, 6.07) is -1.46. The Labute approximate surface area is 62.7 Å². The van der Waals surface area contributed by atoms with Crippen LogP contribution in [-0.2, 0) is 19.4 Å². The van der Waals surface area contributed by atoms with Crippen LogP contribution in [-0.4, -0.2) is 36.7 Å². The summed E-state index contributed by atoms with van der Waals surface area (Å²) in [5, 5.41) is 8.10. The van der Waals surface area contributed by atoms with E-state index < -0.39 is 29.0 Å². The molecule has 0 unspecified atom stereocenters. The predicted octanol–water partition coefficient (Wildman–Crippen LogP) is -1.78. The maximum Gasteiger partial charge on any atom is 0.397 e. The van der Waals surface area contributed by atoms with Crippen LogP contribution < -0.4 is 5.73 Å². The minimum Gasteiger partial charge on any atom is -0.480 e. The molecule has 0 spiro atoms. The largest absolute Gasteiger partial charge is 0.480 e. The first-order valence-corrected chi connectivity index (χ1v) is 3.79. The van der Waals surface area contributed by atoms with Crippen molar-refractivity contribution in [2.75, 3.05) is 6.61 Å². The predicted molar refractivity (Wildman–Crippen MR) is 33.1 cm³/mol. The fourth-order valence-corrected chi connectivity index (χ4v) is 0.549. The molecule has 0 aliphatic rings. The lowest BCUT2D eigenvalue weighted by Crippen LogP contribution is -2.35. The van der Waals surface area contributed by atoms with Gasteiger partial charge >= 0.3 is 16.4 Å². The van der Waals surface area contributed by atoms with Crippen LogP contribution in [0.3, 0.4) is 0 Å². The van der Waals surface area contributed by atoms with Crippen LogP contribution in [0.2, 0.25) is 0 Å². The van der Waals surface area contributed by atoms with Crippen LogP contribution in [0.25, 0.3) is 0 Å². The Hall–Kier alpha value is -0.700. The summed E-state index contributed by atoms with van der Waals surface area (Å²) < 4.78 is 31.3. The molecule has 0 heterocycles. The standard InChI is InChI=1S/C3H7NO6S/c4-2(3(5)6)1-10-11(7,8)9/h2H,1,4H2,(H,5,6)(H,7,8,9)/t2-/m1/s1/i1+2,2+2,3+2. The zero-order valence-corrected chi connectivity index (χ0v) is 6.11. The zero-order chi connectivity index (χ0) is 9.07. The van der Waals surface area contributed by atoms with E-state index in [4.69, 9.17) is 15.4 Å². The van der Waals surface area contributed by atoms with E-state index in [2.05, 4.69) is 4.18 Å². The van der Waals surface area contributed by atoms with Crippen molar-refractivity contribution < 1.29 is 27.1 Å². The second-order valence-electron chi connectivity index (χ2n) is 1.66. The summed E-state index contributed by atoms with van der Waals surface area (Å²) in [5.41, 5.74) is 4.82. The lowest BCUT2D eigenvalue weighted by atomic mass is 12.2. The zero-order valence-electron chi connectivity index (χ0n) is 5.30. The van der Waals surface area contributed by atoms with Gasteiger partial charge in [0.15, 0.2) is 0 Å². The van der Waals surface area contributed by atoms with Gasteiger partial charge in [0.1, 0.15) is 6.04 Å². The maximum absolute atomic E-state index is 9.93. The van der Waals surface area contributed by atoms with Crippen molar-refractivity contribution in [2.45, 2.75) is 6.04 Å². The van der Waals surface area contributed by atoms with Gasteiger partial charge in [-0.1, -0.05) is 0 Å². The Balaban J connectivity index is 3.82. The monoisotopic (exact) mass is 191 g/mol. The minimum atomic E-state index is -4.60. The first kappa shape index (κ1) is 10.3. The molecule has 0 aromatic carbocycles. The Bertz CT molecular complexity index is 232. The molecule has 0 rings (SSSR count). The highest BCUT2D eigenvalue weighted by atomic mass is 32.3. The third-order valence-corrected chi connectivity index (χ3v) is 1.15. The molecule has 0 radical (unpaired) electrons. The summed E-state index contributed by atoms with van der Waals surface area (Å²) in [7, 11) is -4.60. The molecule has 1 atom stereocenters. The number of nitrogens with two attached hydrogens (primary N) is 1. The van der Waals surface area contributed by atoms with Crippen LogP contribution in [0.4, 0.5) is 0 Å². The van der Waals surface area contributed by atoms with Gasteiger partial charge in [0.05, 0.1) is 6.61 Å². The van der Waals surface area contributed by atoms with Gasteiger partial charge in [-0.05, 0) is 0 Å². The van der Waals surface area contributed by atoms with E-state index in [1.54, 1.807) is 0 Å². The van der Waals surface area contributed by atoms with Crippen LogP contribution >= 0.6 is 0 Å². The molecular weight excluding hydrogens is 184 g/mol. The lowest BCUT2D eigenvalue weighted by molar-refractivity contribution is -0.139. The highest BCUT2D eigenvalue weighted by Gasteiger charge is 2.15. The van der Waals surface area contributed by atoms with Crippen molar-refractivity contribution in [3.8, 4) is 0 Å². The fraction of sp³-hybridized carbons (Fsp3) is 0.667. The van der Waals surface area contributed by atoms with Crippen LogP contribution in [0.1, 0.15) is 0 Å². The molecule has 0 saturated carbocycles. The molecular formula is C3H7NO6S. The number of carboxylic acids is 1. The minimum absolute atomic E-state index is 0.784. The molecule has 8 heteroatoms. The highest BCUT2D eigenvalue weighted by molar-refractivity contribution is 7.80. The molecule has 0 bridgehead atoms. The van der Waals surface area contributed by atoms with Crippen LogP contribution in [0, 0.1) is 0 Å². The fourth-order valence-electron chi connectivity index (χ4n) is 0.231. The van der Waals surface area contributed by atoms with E-state index in [9.17, 15) is 13.2 Å². The number of carboxylic acid groups (broad SMARTS) is 1. The van der Waals surface area contributed by atoms with Crippen molar-refractivity contribution in [3.63, 3.8) is 0 Å². The topological polar surface area (TPSA) is 127 Å². The number of aliphatic carboxylic acids is 1. The number of rotatable bonds is 4. The normalized spacial score (nSPS) is 14.4. The van der Waals surface area contributed by atoms with Gasteiger partial charge in [-0.2, -0.15) is 8.42 Å². The van der Waals surface area contributed by atoms with Gasteiger partial charge in [-0.3, -0.25) is 9.35 Å². The summed E-state index contributed by atoms with van der Waals surface area (Å²) in [6.45, 7) is -0.784. The molecule has 7 nitrogen and oxygen atoms in total. The molecule has 0 aliphatic heterocycles. The average Bonchev–Trinajstić information content (AvgIpc) is 1.80. The summed E-state index contributed by atoms with van der Waals surface area (Å²) in [5.74, 6) is -1.41. The molecule has 0 aliphatic carbocycles. The van der Waals surface area contributed by atoms with Crippen LogP contribution in [0.15, 0.2) is 0 Å². The second kappa shape index (κ2) is 3.62. The third kappa shape index (κ3) is 5.73.